The van der Waals surface area contributed by atoms with Gasteiger partial charge in [-0.1, -0.05) is 24.3 Å². The van der Waals surface area contributed by atoms with Crippen LogP contribution in [-0.4, -0.2) is 56.2 Å². The highest BCUT2D eigenvalue weighted by atomic mass is 32.2. The molecule has 0 spiro atoms. The molecule has 1 aliphatic heterocycles. The Balaban J connectivity index is 0.000000505. The predicted molar refractivity (Wildman–Crippen MR) is 129 cm³/mol. The monoisotopic (exact) mass is 549 g/mol. The third-order valence-corrected chi connectivity index (χ3v) is 7.09. The summed E-state index contributed by atoms with van der Waals surface area (Å²) >= 11 is 0. The highest BCUT2D eigenvalue weighted by molar-refractivity contribution is 7.89. The molecule has 3 aromatic carbocycles. The summed E-state index contributed by atoms with van der Waals surface area (Å²) in [6.07, 6.45) is -4.68. The van der Waals surface area contributed by atoms with E-state index in [0.717, 1.165) is 16.3 Å². The summed E-state index contributed by atoms with van der Waals surface area (Å²) in [5.41, 5.74) is 1.44. The number of hydrogen-bond donors (Lipinski definition) is 2. The molecule has 0 bridgehead atoms. The van der Waals surface area contributed by atoms with Crippen LogP contribution in [-0.2, 0) is 26.2 Å². The third-order valence-electron chi connectivity index (χ3n) is 5.62. The first-order chi connectivity index (χ1) is 17.8. The first-order valence-corrected chi connectivity index (χ1v) is 12.5. The van der Waals surface area contributed by atoms with Gasteiger partial charge in [0.1, 0.15) is 11.8 Å². The lowest BCUT2D eigenvalue weighted by atomic mass is 10.1. The number of hydrogen-bond acceptors (Lipinski definition) is 6. The van der Waals surface area contributed by atoms with Crippen molar-refractivity contribution >= 4 is 32.7 Å². The van der Waals surface area contributed by atoms with Gasteiger partial charge in [-0.2, -0.15) is 23.2 Å². The number of alkyl halides is 3. The van der Waals surface area contributed by atoms with E-state index in [1.807, 2.05) is 12.1 Å². The lowest BCUT2D eigenvalue weighted by Gasteiger charge is -2.17. The normalized spacial score (nSPS) is 15.5. The van der Waals surface area contributed by atoms with Crippen molar-refractivity contribution in [3.63, 3.8) is 0 Å². The summed E-state index contributed by atoms with van der Waals surface area (Å²) in [5, 5.41) is 17.6. The minimum absolute atomic E-state index is 0.103. The Morgan fingerprint density at radius 3 is 2.34 bits per heavy atom. The van der Waals surface area contributed by atoms with Crippen LogP contribution in [0.15, 0.2) is 65.6 Å². The molecular weight excluding hydrogens is 527 g/mol. The quantitative estimate of drug-likeness (QED) is 0.481. The molecule has 1 amide bonds. The minimum Gasteiger partial charge on any atom is -0.497 e. The van der Waals surface area contributed by atoms with Crippen LogP contribution >= 0.6 is 0 Å². The van der Waals surface area contributed by atoms with Crippen LogP contribution in [0.25, 0.3) is 10.8 Å². The molecule has 4 rings (SSSR count). The maximum atomic E-state index is 12.9. The summed E-state index contributed by atoms with van der Waals surface area (Å²) in [6.45, 7) is 0.833. The highest BCUT2D eigenvalue weighted by Gasteiger charge is 2.38. The zero-order chi connectivity index (χ0) is 28.1. The van der Waals surface area contributed by atoms with E-state index in [-0.39, 0.29) is 10.8 Å². The molecule has 1 saturated heterocycles. The van der Waals surface area contributed by atoms with Gasteiger partial charge in [-0.05, 0) is 59.2 Å². The highest BCUT2D eigenvalue weighted by Crippen LogP contribution is 2.25. The number of carboxylic acids is 1. The lowest BCUT2D eigenvalue weighted by molar-refractivity contribution is -0.192. The maximum absolute atomic E-state index is 12.9. The molecule has 1 heterocycles. The molecular formula is C25H22F3N3O6S. The van der Waals surface area contributed by atoms with Crippen LogP contribution in [0.1, 0.15) is 17.5 Å². The Kier molecular flexibility index (Phi) is 8.60. The van der Waals surface area contributed by atoms with Crippen LogP contribution in [0.3, 0.4) is 0 Å². The number of amides is 1. The average molecular weight is 550 g/mol. The van der Waals surface area contributed by atoms with Crippen molar-refractivity contribution < 1.29 is 41.0 Å². The van der Waals surface area contributed by atoms with Gasteiger partial charge in [0.2, 0.25) is 15.9 Å². The molecule has 0 radical (unpaired) electrons. The zero-order valence-electron chi connectivity index (χ0n) is 19.9. The molecule has 9 nitrogen and oxygen atoms in total. The van der Waals surface area contributed by atoms with Crippen molar-refractivity contribution in [3.05, 3.63) is 71.8 Å². The molecule has 0 aliphatic carbocycles. The number of fused-ring (bicyclic) bond motifs is 1. The van der Waals surface area contributed by atoms with Gasteiger partial charge in [0.25, 0.3) is 0 Å². The summed E-state index contributed by atoms with van der Waals surface area (Å²) < 4.78 is 65.4. The van der Waals surface area contributed by atoms with Gasteiger partial charge in [-0.15, -0.1) is 0 Å². The van der Waals surface area contributed by atoms with Crippen LogP contribution < -0.4 is 9.46 Å². The van der Waals surface area contributed by atoms with Crippen molar-refractivity contribution in [1.29, 1.82) is 5.26 Å². The van der Waals surface area contributed by atoms with Gasteiger partial charge in [-0.3, -0.25) is 4.79 Å². The minimum atomic E-state index is -5.08. The third kappa shape index (κ3) is 6.99. The second-order valence-corrected chi connectivity index (χ2v) is 9.92. The SMILES string of the molecule is COc1ccc2ccc(S(=O)(=O)N[C@H]3CCN(Cc4ccc(C#N)cc4)C3=O)cc2c1.O=C(O)C(F)(F)F. The number of likely N-dealkylation sites (tertiary alicyclic amines) is 1. The van der Waals surface area contributed by atoms with Crippen LogP contribution in [0.2, 0.25) is 0 Å². The number of sulfonamides is 1. The number of nitrogens with one attached hydrogen (secondary N) is 1. The smallest absolute Gasteiger partial charge is 0.490 e. The Labute approximate surface area is 216 Å². The van der Waals surface area contributed by atoms with E-state index in [9.17, 15) is 26.4 Å². The summed E-state index contributed by atoms with van der Waals surface area (Å²) in [7, 11) is -2.31. The second-order valence-electron chi connectivity index (χ2n) is 8.21. The van der Waals surface area contributed by atoms with E-state index in [4.69, 9.17) is 19.9 Å². The molecule has 3 aromatic rings. The van der Waals surface area contributed by atoms with Crippen molar-refractivity contribution in [3.8, 4) is 11.8 Å². The van der Waals surface area contributed by atoms with E-state index < -0.39 is 28.2 Å². The molecule has 200 valence electrons. The first-order valence-electron chi connectivity index (χ1n) is 11.0. The molecule has 0 unspecified atom stereocenters. The lowest BCUT2D eigenvalue weighted by Crippen LogP contribution is -2.41. The average Bonchev–Trinajstić information content (AvgIpc) is 3.21. The number of nitriles is 1. The molecule has 1 fully saturated rings. The standard InChI is InChI=1S/C23H21N3O4S.C2HF3O2/c1-30-20-8-6-18-7-9-21(13-19(18)12-20)31(28,29)25-22-10-11-26(23(22)27)15-17-4-2-16(14-24)3-5-17;3-2(4,5)1(6)7/h2-9,12-13,22,25H,10-11,15H2,1H3;(H,6,7)/t22-;/m0./s1. The predicted octanol–water partition coefficient (Wildman–Crippen LogP) is 3.43. The number of carbonyl (C=O) groups is 2. The van der Waals surface area contributed by atoms with Crippen molar-refractivity contribution in [2.75, 3.05) is 13.7 Å². The van der Waals surface area contributed by atoms with Crippen molar-refractivity contribution in [2.24, 2.45) is 0 Å². The largest absolute Gasteiger partial charge is 0.497 e. The van der Waals surface area contributed by atoms with E-state index in [2.05, 4.69) is 10.8 Å². The summed E-state index contributed by atoms with van der Waals surface area (Å²) in [6, 6.07) is 18.5. The second kappa shape index (κ2) is 11.5. The number of rotatable bonds is 6. The van der Waals surface area contributed by atoms with Gasteiger partial charge < -0.3 is 14.7 Å². The number of benzene rings is 3. The number of carbonyl (C=O) groups excluding carboxylic acids is 1. The van der Waals surface area contributed by atoms with Crippen LogP contribution in [0.5, 0.6) is 5.75 Å². The van der Waals surface area contributed by atoms with Gasteiger partial charge >= 0.3 is 12.1 Å². The molecule has 1 aliphatic rings. The maximum Gasteiger partial charge on any atom is 0.490 e. The van der Waals surface area contributed by atoms with E-state index in [1.54, 1.807) is 54.5 Å². The molecule has 13 heteroatoms. The van der Waals surface area contributed by atoms with E-state index in [1.165, 1.54) is 6.07 Å². The zero-order valence-corrected chi connectivity index (χ0v) is 20.7. The van der Waals surface area contributed by atoms with E-state index >= 15 is 0 Å². The Morgan fingerprint density at radius 1 is 1.13 bits per heavy atom. The molecule has 0 aromatic heterocycles. The Bertz CT molecular complexity index is 1480. The van der Waals surface area contributed by atoms with Crippen LogP contribution in [0.4, 0.5) is 13.2 Å². The topological polar surface area (TPSA) is 137 Å². The Hall–Kier alpha value is -4.15. The first kappa shape index (κ1) is 28.4. The van der Waals surface area contributed by atoms with Gasteiger partial charge in [0.05, 0.1) is 23.6 Å². The van der Waals surface area contributed by atoms with Gasteiger partial charge in [0.15, 0.2) is 0 Å². The fourth-order valence-corrected chi connectivity index (χ4v) is 4.92. The number of aliphatic carboxylic acids is 1. The summed E-state index contributed by atoms with van der Waals surface area (Å²) in [4.78, 5) is 23.4. The summed E-state index contributed by atoms with van der Waals surface area (Å²) in [5.74, 6) is -2.37. The molecule has 2 N–H and O–H groups in total. The molecule has 0 saturated carbocycles. The number of methoxy groups -OCH3 is 1. The molecule has 38 heavy (non-hydrogen) atoms. The number of halogens is 3. The van der Waals surface area contributed by atoms with Gasteiger partial charge in [0, 0.05) is 13.1 Å². The number of carboxylic acid groups (broad SMARTS) is 1. The van der Waals surface area contributed by atoms with E-state index in [0.29, 0.717) is 30.8 Å². The van der Waals surface area contributed by atoms with Crippen molar-refractivity contribution in [2.45, 2.75) is 30.1 Å². The van der Waals surface area contributed by atoms with Gasteiger partial charge in [-0.25, -0.2) is 13.2 Å². The fourth-order valence-electron chi connectivity index (χ4n) is 3.66. The fraction of sp³-hybridized carbons (Fsp3) is 0.240. The van der Waals surface area contributed by atoms with Crippen LogP contribution in [0, 0.1) is 11.3 Å². The number of ether oxygens (including phenoxy) is 1. The molecule has 1 atom stereocenters. The number of nitrogens with zero attached hydrogens (tertiary/aromatic N) is 2. The van der Waals surface area contributed by atoms with Crippen molar-refractivity contribution in [1.82, 2.24) is 9.62 Å². The Morgan fingerprint density at radius 2 is 1.76 bits per heavy atom.